The first-order valence-electron chi connectivity index (χ1n) is 10.5. The van der Waals surface area contributed by atoms with Gasteiger partial charge in [0.05, 0.1) is 6.20 Å². The van der Waals surface area contributed by atoms with Crippen molar-refractivity contribution in [2.24, 2.45) is 0 Å². The van der Waals surface area contributed by atoms with Crippen LogP contribution in [0.1, 0.15) is 29.9 Å². The van der Waals surface area contributed by atoms with Gasteiger partial charge in [0.25, 0.3) is 0 Å². The lowest BCUT2D eigenvalue weighted by atomic mass is 9.87. The van der Waals surface area contributed by atoms with Crippen LogP contribution in [-0.4, -0.2) is 47.1 Å². The first kappa shape index (κ1) is 20.0. The first-order valence-corrected chi connectivity index (χ1v) is 10.5. The normalized spacial score (nSPS) is 14.2. The van der Waals surface area contributed by atoms with Crippen LogP contribution in [0.5, 0.6) is 5.75 Å². The first-order chi connectivity index (χ1) is 14.7. The number of carbonyl (C=O) groups excluding carboxylic acids is 1. The van der Waals surface area contributed by atoms with Crippen LogP contribution in [0.15, 0.2) is 79.0 Å². The number of piperazine rings is 1. The average Bonchev–Trinajstić information content (AvgIpc) is 2.81. The summed E-state index contributed by atoms with van der Waals surface area (Å²) in [5.41, 5.74) is 2.50. The van der Waals surface area contributed by atoms with Crippen molar-refractivity contribution >= 4 is 11.7 Å². The second-order valence-electron chi connectivity index (χ2n) is 7.66. The molecule has 0 aliphatic carbocycles. The third kappa shape index (κ3) is 4.79. The molecular formula is C25H27N3O2. The molecule has 0 unspecified atom stereocenters. The standard InChI is InChI=1S/C25H27N3O2/c29-22-11-13-24(26-19-22)27-15-17-28(18-16-27)25(30)14-12-23(20-7-3-1-4-8-20)21-9-5-2-6-10-21/h1-11,13,19,23,29H,12,14-18H2. The molecule has 0 saturated carbocycles. The summed E-state index contributed by atoms with van der Waals surface area (Å²) in [4.78, 5) is 21.3. The number of aromatic hydroxyl groups is 1. The molecule has 1 N–H and O–H groups in total. The van der Waals surface area contributed by atoms with Gasteiger partial charge in [-0.3, -0.25) is 4.79 Å². The Hall–Kier alpha value is -3.34. The van der Waals surface area contributed by atoms with Gasteiger partial charge in [0.1, 0.15) is 11.6 Å². The second kappa shape index (κ2) is 9.44. The van der Waals surface area contributed by atoms with E-state index >= 15 is 0 Å². The van der Waals surface area contributed by atoms with Crippen LogP contribution in [0, 0.1) is 0 Å². The van der Waals surface area contributed by atoms with Gasteiger partial charge >= 0.3 is 0 Å². The Morgan fingerprint density at radius 3 is 2.00 bits per heavy atom. The molecular weight excluding hydrogens is 374 g/mol. The van der Waals surface area contributed by atoms with E-state index in [4.69, 9.17) is 0 Å². The molecule has 4 rings (SSSR count). The zero-order chi connectivity index (χ0) is 20.8. The van der Waals surface area contributed by atoms with E-state index in [1.54, 1.807) is 6.07 Å². The molecule has 30 heavy (non-hydrogen) atoms. The van der Waals surface area contributed by atoms with Crippen molar-refractivity contribution in [1.82, 2.24) is 9.88 Å². The highest BCUT2D eigenvalue weighted by Crippen LogP contribution is 2.29. The predicted octanol–water partition coefficient (Wildman–Crippen LogP) is 4.05. The van der Waals surface area contributed by atoms with E-state index in [9.17, 15) is 9.90 Å². The molecule has 3 aromatic rings. The fourth-order valence-electron chi connectivity index (χ4n) is 4.07. The zero-order valence-corrected chi connectivity index (χ0v) is 17.0. The van der Waals surface area contributed by atoms with Gasteiger partial charge in [0, 0.05) is 38.5 Å². The molecule has 1 amide bonds. The summed E-state index contributed by atoms with van der Waals surface area (Å²) in [5.74, 6) is 1.44. The van der Waals surface area contributed by atoms with Gasteiger partial charge in [0.15, 0.2) is 0 Å². The summed E-state index contributed by atoms with van der Waals surface area (Å²) < 4.78 is 0. The Bertz CT molecular complexity index is 898. The monoisotopic (exact) mass is 401 g/mol. The molecule has 0 bridgehead atoms. The van der Waals surface area contributed by atoms with Crippen molar-refractivity contribution in [3.63, 3.8) is 0 Å². The number of amides is 1. The van der Waals surface area contributed by atoms with Crippen LogP contribution in [0.3, 0.4) is 0 Å². The van der Waals surface area contributed by atoms with Crippen molar-refractivity contribution in [2.45, 2.75) is 18.8 Å². The number of nitrogens with zero attached hydrogens (tertiary/aromatic N) is 3. The molecule has 0 atom stereocenters. The maximum Gasteiger partial charge on any atom is 0.222 e. The fraction of sp³-hybridized carbons (Fsp3) is 0.280. The molecule has 2 heterocycles. The molecule has 1 saturated heterocycles. The maximum atomic E-state index is 12.9. The van der Waals surface area contributed by atoms with Crippen molar-refractivity contribution in [2.75, 3.05) is 31.1 Å². The average molecular weight is 402 g/mol. The van der Waals surface area contributed by atoms with E-state index < -0.39 is 0 Å². The third-order valence-corrected chi connectivity index (χ3v) is 5.74. The lowest BCUT2D eigenvalue weighted by Crippen LogP contribution is -2.49. The summed E-state index contributed by atoms with van der Waals surface area (Å²) in [6.07, 6.45) is 2.79. The maximum absolute atomic E-state index is 12.9. The topological polar surface area (TPSA) is 56.7 Å². The number of hydrogen-bond acceptors (Lipinski definition) is 4. The largest absolute Gasteiger partial charge is 0.506 e. The van der Waals surface area contributed by atoms with Crippen LogP contribution in [0.25, 0.3) is 0 Å². The molecule has 1 aliphatic heterocycles. The smallest absolute Gasteiger partial charge is 0.222 e. The Labute approximate surface area is 177 Å². The number of carbonyl (C=O) groups is 1. The molecule has 0 spiro atoms. The summed E-state index contributed by atoms with van der Waals surface area (Å²) in [5, 5.41) is 9.40. The van der Waals surface area contributed by atoms with E-state index in [0.717, 1.165) is 25.3 Å². The number of hydrogen-bond donors (Lipinski definition) is 1. The Morgan fingerprint density at radius 2 is 1.47 bits per heavy atom. The van der Waals surface area contributed by atoms with E-state index in [1.165, 1.54) is 17.3 Å². The van der Waals surface area contributed by atoms with Gasteiger partial charge in [-0.05, 0) is 29.7 Å². The molecule has 154 valence electrons. The summed E-state index contributed by atoms with van der Waals surface area (Å²) in [6, 6.07) is 24.3. The van der Waals surface area contributed by atoms with Crippen molar-refractivity contribution in [3.05, 3.63) is 90.1 Å². The van der Waals surface area contributed by atoms with Crippen LogP contribution < -0.4 is 4.90 Å². The number of pyridine rings is 1. The molecule has 1 aromatic heterocycles. The zero-order valence-electron chi connectivity index (χ0n) is 17.0. The molecule has 5 nitrogen and oxygen atoms in total. The lowest BCUT2D eigenvalue weighted by molar-refractivity contribution is -0.131. The SMILES string of the molecule is O=C(CCC(c1ccccc1)c1ccccc1)N1CCN(c2ccc(O)cn2)CC1. The number of rotatable bonds is 6. The van der Waals surface area contributed by atoms with Crippen LogP contribution >= 0.6 is 0 Å². The molecule has 5 heteroatoms. The molecule has 2 aromatic carbocycles. The van der Waals surface area contributed by atoms with Crippen LogP contribution in [0.2, 0.25) is 0 Å². The van der Waals surface area contributed by atoms with Crippen LogP contribution in [0.4, 0.5) is 5.82 Å². The quantitative estimate of drug-likeness (QED) is 0.677. The summed E-state index contributed by atoms with van der Waals surface area (Å²) in [6.45, 7) is 2.90. The fourth-order valence-corrected chi connectivity index (χ4v) is 4.07. The summed E-state index contributed by atoms with van der Waals surface area (Å²) in [7, 11) is 0. The lowest BCUT2D eigenvalue weighted by Gasteiger charge is -2.35. The predicted molar refractivity (Wildman–Crippen MR) is 119 cm³/mol. The third-order valence-electron chi connectivity index (χ3n) is 5.74. The Morgan fingerprint density at radius 1 is 0.867 bits per heavy atom. The van der Waals surface area contributed by atoms with E-state index in [-0.39, 0.29) is 17.6 Å². The Balaban J connectivity index is 1.36. The molecule has 0 radical (unpaired) electrons. The van der Waals surface area contributed by atoms with Crippen molar-refractivity contribution < 1.29 is 9.90 Å². The van der Waals surface area contributed by atoms with Gasteiger partial charge in [-0.15, -0.1) is 0 Å². The molecule has 1 fully saturated rings. The highest BCUT2D eigenvalue weighted by atomic mass is 16.3. The highest BCUT2D eigenvalue weighted by molar-refractivity contribution is 5.76. The van der Waals surface area contributed by atoms with Crippen LogP contribution in [-0.2, 0) is 4.79 Å². The van der Waals surface area contributed by atoms with E-state index in [1.807, 2.05) is 23.1 Å². The number of benzene rings is 2. The number of anilines is 1. The van der Waals surface area contributed by atoms with Gasteiger partial charge in [-0.25, -0.2) is 4.98 Å². The van der Waals surface area contributed by atoms with Crippen molar-refractivity contribution in [1.29, 1.82) is 0 Å². The van der Waals surface area contributed by atoms with Gasteiger partial charge < -0.3 is 14.9 Å². The van der Waals surface area contributed by atoms with Crippen molar-refractivity contribution in [3.8, 4) is 5.75 Å². The van der Waals surface area contributed by atoms with E-state index in [0.29, 0.717) is 19.5 Å². The van der Waals surface area contributed by atoms with Gasteiger partial charge in [-0.1, -0.05) is 60.7 Å². The minimum atomic E-state index is 0.166. The molecule has 1 aliphatic rings. The Kier molecular flexibility index (Phi) is 6.28. The second-order valence-corrected chi connectivity index (χ2v) is 7.66. The summed E-state index contributed by atoms with van der Waals surface area (Å²) >= 11 is 0. The van der Waals surface area contributed by atoms with E-state index in [2.05, 4.69) is 58.4 Å². The van der Waals surface area contributed by atoms with Gasteiger partial charge in [0.2, 0.25) is 5.91 Å². The minimum absolute atomic E-state index is 0.166. The highest BCUT2D eigenvalue weighted by Gasteiger charge is 2.23. The number of aromatic nitrogens is 1. The van der Waals surface area contributed by atoms with Gasteiger partial charge in [-0.2, -0.15) is 0 Å². The minimum Gasteiger partial charge on any atom is -0.506 e.